The summed E-state index contributed by atoms with van der Waals surface area (Å²) in [5.41, 5.74) is 9.43. The Morgan fingerprint density at radius 1 is 1.10 bits per heavy atom. The van der Waals surface area contributed by atoms with E-state index in [1.165, 1.54) is 19.3 Å². The van der Waals surface area contributed by atoms with E-state index >= 15 is 0 Å². The van der Waals surface area contributed by atoms with Gasteiger partial charge in [-0.3, -0.25) is 0 Å². The molecule has 0 bridgehead atoms. The van der Waals surface area contributed by atoms with E-state index in [2.05, 4.69) is 19.0 Å². The molecule has 0 aliphatic heterocycles. The maximum atomic E-state index is 11.4. The summed E-state index contributed by atoms with van der Waals surface area (Å²) in [6.07, 6.45) is 11.5. The van der Waals surface area contributed by atoms with Crippen LogP contribution in [-0.2, 0) is 0 Å². The van der Waals surface area contributed by atoms with Crippen LogP contribution in [0, 0.1) is 28.6 Å². The van der Waals surface area contributed by atoms with Crippen molar-refractivity contribution in [3.63, 3.8) is 0 Å². The maximum absolute atomic E-state index is 11.4. The average molecular weight is 399 g/mol. The van der Waals surface area contributed by atoms with Gasteiger partial charge in [-0.15, -0.1) is 0 Å². The molecule has 1 aromatic rings. The smallest absolute Gasteiger partial charge is 0.335 e. The molecule has 0 radical (unpaired) electrons. The van der Waals surface area contributed by atoms with Crippen molar-refractivity contribution in [3.8, 4) is 0 Å². The topological polar surface area (TPSA) is 88.8 Å². The van der Waals surface area contributed by atoms with Gasteiger partial charge >= 0.3 is 5.63 Å². The number of oxime groups is 1. The van der Waals surface area contributed by atoms with Gasteiger partial charge in [0.25, 0.3) is 0 Å². The Bertz CT molecular complexity index is 874. The predicted molar refractivity (Wildman–Crippen MR) is 112 cm³/mol. The highest BCUT2D eigenvalue weighted by molar-refractivity contribution is 5.85. The molecule has 5 nitrogen and oxygen atoms in total. The summed E-state index contributed by atoms with van der Waals surface area (Å²) in [4.78, 5) is 11.4. The number of fused-ring (bicyclic) bond motifs is 5. The summed E-state index contributed by atoms with van der Waals surface area (Å²) in [5, 5.41) is 12.9. The highest BCUT2D eigenvalue weighted by Crippen LogP contribution is 2.69. The van der Waals surface area contributed by atoms with E-state index in [1.54, 1.807) is 12.3 Å². The standard InChI is InChI=1S/C24H34N2O3/c1-22-10-7-17(26-28)13-16(22)4-5-20-19(22)8-11-23(2)18(9-12-24(20,23)25)15-3-6-21(27)29-14-15/h3,6,14,16,18-20,28H,4-5,7-13,25H2,1-2H3/b26-17+/t16?,18-,19?,20?,22+,23-,24?/m1/s1. The summed E-state index contributed by atoms with van der Waals surface area (Å²) >= 11 is 0. The molecular formula is C24H34N2O3. The Hall–Kier alpha value is -1.62. The van der Waals surface area contributed by atoms with Crippen molar-refractivity contribution >= 4 is 5.71 Å². The molecule has 5 rings (SSSR count). The fourth-order valence-electron chi connectivity index (χ4n) is 8.32. The number of hydrogen-bond donors (Lipinski definition) is 2. The number of nitrogens with two attached hydrogens (primary N) is 1. The minimum absolute atomic E-state index is 0.0453. The zero-order valence-corrected chi connectivity index (χ0v) is 17.7. The normalized spacial score (nSPS) is 48.0. The second-order valence-corrected chi connectivity index (χ2v) is 10.8. The zero-order valence-electron chi connectivity index (χ0n) is 17.7. The molecular weight excluding hydrogens is 364 g/mol. The van der Waals surface area contributed by atoms with Crippen LogP contribution in [0.15, 0.2) is 32.8 Å². The molecule has 4 unspecified atom stereocenters. The monoisotopic (exact) mass is 398 g/mol. The zero-order chi connectivity index (χ0) is 20.4. The summed E-state index contributed by atoms with van der Waals surface area (Å²) in [6, 6.07) is 3.50. The lowest BCUT2D eigenvalue weighted by molar-refractivity contribution is -0.107. The minimum Gasteiger partial charge on any atom is -0.431 e. The molecule has 4 saturated carbocycles. The van der Waals surface area contributed by atoms with Crippen molar-refractivity contribution in [3.05, 3.63) is 34.4 Å². The number of rotatable bonds is 1. The Labute approximate surface area is 172 Å². The third-order valence-corrected chi connectivity index (χ3v) is 10.1. The van der Waals surface area contributed by atoms with Crippen molar-refractivity contribution in [2.75, 3.05) is 0 Å². The number of nitrogens with zero attached hydrogens (tertiary/aromatic N) is 1. The second-order valence-electron chi connectivity index (χ2n) is 10.8. The lowest BCUT2D eigenvalue weighted by atomic mass is 9.42. The van der Waals surface area contributed by atoms with Crippen LogP contribution in [-0.4, -0.2) is 16.5 Å². The first-order valence-corrected chi connectivity index (χ1v) is 11.4. The van der Waals surface area contributed by atoms with E-state index in [0.717, 1.165) is 49.8 Å². The molecule has 5 heteroatoms. The van der Waals surface area contributed by atoms with Crippen LogP contribution in [0.5, 0.6) is 0 Å². The van der Waals surface area contributed by atoms with Crippen LogP contribution >= 0.6 is 0 Å². The van der Waals surface area contributed by atoms with Gasteiger partial charge in [-0.05, 0) is 104 Å². The average Bonchev–Trinajstić information content (AvgIpc) is 2.99. The second kappa shape index (κ2) is 6.44. The van der Waals surface area contributed by atoms with Crippen LogP contribution in [0.3, 0.4) is 0 Å². The number of hydrogen-bond acceptors (Lipinski definition) is 5. The third kappa shape index (κ3) is 2.55. The maximum Gasteiger partial charge on any atom is 0.335 e. The molecule has 1 heterocycles. The van der Waals surface area contributed by atoms with E-state index in [-0.39, 0.29) is 16.6 Å². The molecule has 0 spiro atoms. The van der Waals surface area contributed by atoms with Crippen LogP contribution in [0.2, 0.25) is 0 Å². The molecule has 3 N–H and O–H groups in total. The van der Waals surface area contributed by atoms with Crippen LogP contribution in [0.25, 0.3) is 0 Å². The largest absolute Gasteiger partial charge is 0.431 e. The first kappa shape index (κ1) is 19.3. The van der Waals surface area contributed by atoms with Gasteiger partial charge in [-0.2, -0.15) is 0 Å². The summed E-state index contributed by atoms with van der Waals surface area (Å²) in [7, 11) is 0. The van der Waals surface area contributed by atoms with Gasteiger partial charge in [-0.25, -0.2) is 4.79 Å². The van der Waals surface area contributed by atoms with E-state index < -0.39 is 0 Å². The summed E-state index contributed by atoms with van der Waals surface area (Å²) in [5.74, 6) is 2.20. The van der Waals surface area contributed by atoms with E-state index in [1.807, 2.05) is 6.07 Å². The van der Waals surface area contributed by atoms with Crippen LogP contribution < -0.4 is 11.4 Å². The highest BCUT2D eigenvalue weighted by Gasteiger charge is 2.66. The molecule has 1 aromatic heterocycles. The molecule has 0 amide bonds. The fourth-order valence-corrected chi connectivity index (χ4v) is 8.32. The van der Waals surface area contributed by atoms with Gasteiger partial charge in [0.1, 0.15) is 0 Å². The summed E-state index contributed by atoms with van der Waals surface area (Å²) in [6.45, 7) is 4.89. The quantitative estimate of drug-likeness (QED) is 0.531. The van der Waals surface area contributed by atoms with Gasteiger partial charge in [0.2, 0.25) is 0 Å². The van der Waals surface area contributed by atoms with Crippen LogP contribution in [0.4, 0.5) is 0 Å². The lowest BCUT2D eigenvalue weighted by Crippen LogP contribution is -2.66. The van der Waals surface area contributed by atoms with Gasteiger partial charge in [0.05, 0.1) is 12.0 Å². The first-order chi connectivity index (χ1) is 13.8. The van der Waals surface area contributed by atoms with Gasteiger partial charge < -0.3 is 15.4 Å². The molecule has 4 aliphatic rings. The Balaban J connectivity index is 1.47. The van der Waals surface area contributed by atoms with Crippen molar-refractivity contribution in [1.82, 2.24) is 0 Å². The predicted octanol–water partition coefficient (Wildman–Crippen LogP) is 4.68. The van der Waals surface area contributed by atoms with Crippen LogP contribution in [0.1, 0.15) is 83.1 Å². The van der Waals surface area contributed by atoms with E-state index in [0.29, 0.717) is 29.1 Å². The SMILES string of the molecule is C[C@]12CC/C(=N\O)CC1CCC1C2CC[C@]2(C)[C@@H](c3ccc(=O)oc3)CCC12N. The minimum atomic E-state index is -0.283. The Morgan fingerprint density at radius 3 is 2.66 bits per heavy atom. The third-order valence-electron chi connectivity index (χ3n) is 10.1. The molecule has 29 heavy (non-hydrogen) atoms. The Morgan fingerprint density at radius 2 is 1.93 bits per heavy atom. The molecule has 0 saturated heterocycles. The highest BCUT2D eigenvalue weighted by atomic mass is 16.4. The van der Waals surface area contributed by atoms with E-state index in [4.69, 9.17) is 10.2 Å². The molecule has 158 valence electrons. The van der Waals surface area contributed by atoms with Crippen molar-refractivity contribution in [1.29, 1.82) is 0 Å². The summed E-state index contributed by atoms with van der Waals surface area (Å²) < 4.78 is 5.21. The van der Waals surface area contributed by atoms with Gasteiger partial charge in [-0.1, -0.05) is 19.0 Å². The lowest BCUT2D eigenvalue weighted by Gasteiger charge is -2.64. The molecule has 4 aliphatic carbocycles. The first-order valence-electron chi connectivity index (χ1n) is 11.4. The molecule has 7 atom stereocenters. The fraction of sp³-hybridized carbons (Fsp3) is 0.750. The van der Waals surface area contributed by atoms with Gasteiger partial charge in [0, 0.05) is 11.6 Å². The van der Waals surface area contributed by atoms with Gasteiger partial charge in [0.15, 0.2) is 0 Å². The molecule has 0 aromatic carbocycles. The Kier molecular flexibility index (Phi) is 4.29. The van der Waals surface area contributed by atoms with Crippen molar-refractivity contribution in [2.45, 2.75) is 83.1 Å². The van der Waals surface area contributed by atoms with Crippen molar-refractivity contribution in [2.24, 2.45) is 39.5 Å². The van der Waals surface area contributed by atoms with Crippen molar-refractivity contribution < 1.29 is 9.62 Å². The molecule has 4 fully saturated rings. The van der Waals surface area contributed by atoms with E-state index in [9.17, 15) is 10.0 Å².